The summed E-state index contributed by atoms with van der Waals surface area (Å²) in [7, 11) is -3.58. The van der Waals surface area contributed by atoms with Crippen LogP contribution in [0.4, 0.5) is 0 Å². The van der Waals surface area contributed by atoms with Gasteiger partial charge in [-0.3, -0.25) is 9.59 Å². The molecule has 0 fully saturated rings. The van der Waals surface area contributed by atoms with Gasteiger partial charge in [-0.2, -0.15) is 0 Å². The van der Waals surface area contributed by atoms with E-state index in [0.29, 0.717) is 37.7 Å². The molecule has 0 atom stereocenters. The van der Waals surface area contributed by atoms with E-state index < -0.39 is 28.3 Å². The third kappa shape index (κ3) is 6.71. The van der Waals surface area contributed by atoms with E-state index in [-0.39, 0.29) is 17.1 Å². The quantitative estimate of drug-likeness (QED) is 0.584. The molecule has 0 radical (unpaired) electrons. The molecule has 2 aromatic rings. The number of amides is 1. The van der Waals surface area contributed by atoms with E-state index in [9.17, 15) is 18.0 Å². The van der Waals surface area contributed by atoms with Gasteiger partial charge in [-0.25, -0.2) is 8.42 Å². The van der Waals surface area contributed by atoms with Crippen LogP contribution < -0.4 is 14.8 Å². The Hall–Kier alpha value is -3.07. The Morgan fingerprint density at radius 1 is 1.03 bits per heavy atom. The van der Waals surface area contributed by atoms with Crippen molar-refractivity contribution in [1.82, 2.24) is 5.32 Å². The molecule has 1 N–H and O–H groups in total. The Labute approximate surface area is 181 Å². The number of nitrogens with one attached hydrogen (secondary N) is 1. The largest absolute Gasteiger partial charge is 0.486 e. The molecule has 0 unspecified atom stereocenters. The third-order valence-corrected chi connectivity index (χ3v) is 6.39. The summed E-state index contributed by atoms with van der Waals surface area (Å²) in [5, 5.41) is 2.66. The van der Waals surface area contributed by atoms with E-state index in [1.54, 1.807) is 12.1 Å². The molecule has 1 aliphatic heterocycles. The number of sulfone groups is 1. The van der Waals surface area contributed by atoms with Gasteiger partial charge < -0.3 is 19.5 Å². The van der Waals surface area contributed by atoms with Crippen LogP contribution in [-0.2, 0) is 30.6 Å². The SMILES string of the molecule is Cc1ccc(S(=O)(=O)CCC(=O)OCC(=O)NCCc2ccc3c(c2)OCCO3)cc1. The summed E-state index contributed by atoms with van der Waals surface area (Å²) in [5.41, 5.74) is 1.92. The lowest BCUT2D eigenvalue weighted by Crippen LogP contribution is -2.30. The van der Waals surface area contributed by atoms with Crippen molar-refractivity contribution in [3.05, 3.63) is 53.6 Å². The first-order chi connectivity index (χ1) is 14.8. The minimum Gasteiger partial charge on any atom is -0.486 e. The van der Waals surface area contributed by atoms with Crippen molar-refractivity contribution < 1.29 is 32.2 Å². The average Bonchev–Trinajstić information content (AvgIpc) is 2.76. The second kappa shape index (κ2) is 10.3. The number of ether oxygens (including phenoxy) is 3. The summed E-state index contributed by atoms with van der Waals surface area (Å²) < 4.78 is 40.4. The van der Waals surface area contributed by atoms with Crippen LogP contribution in [0.25, 0.3) is 0 Å². The Morgan fingerprint density at radius 2 is 1.74 bits per heavy atom. The zero-order valence-electron chi connectivity index (χ0n) is 17.3. The first-order valence-electron chi connectivity index (χ1n) is 9.94. The number of esters is 1. The molecule has 31 heavy (non-hydrogen) atoms. The van der Waals surface area contributed by atoms with E-state index in [0.717, 1.165) is 11.1 Å². The minimum atomic E-state index is -3.58. The van der Waals surface area contributed by atoms with Crippen molar-refractivity contribution in [2.45, 2.75) is 24.7 Å². The zero-order valence-corrected chi connectivity index (χ0v) is 18.1. The standard InChI is InChI=1S/C22H25NO7S/c1-16-2-5-18(6-3-16)31(26,27)13-9-22(25)30-15-21(24)23-10-8-17-4-7-19-20(14-17)29-12-11-28-19/h2-7,14H,8-13,15H2,1H3,(H,23,24). The number of fused-ring (bicyclic) bond motifs is 1. The lowest BCUT2D eigenvalue weighted by Gasteiger charge is -2.18. The molecule has 2 aromatic carbocycles. The molecule has 9 heteroatoms. The van der Waals surface area contributed by atoms with E-state index in [1.165, 1.54) is 12.1 Å². The number of aryl methyl sites for hydroxylation is 1. The van der Waals surface area contributed by atoms with Gasteiger partial charge in [0.05, 0.1) is 17.1 Å². The van der Waals surface area contributed by atoms with E-state index in [4.69, 9.17) is 14.2 Å². The van der Waals surface area contributed by atoms with Gasteiger partial charge in [0.1, 0.15) is 13.2 Å². The third-order valence-electron chi connectivity index (χ3n) is 4.66. The Bertz CT molecular complexity index is 1030. The predicted octanol–water partition coefficient (Wildman–Crippen LogP) is 1.83. The van der Waals surface area contributed by atoms with Crippen LogP contribution in [-0.4, -0.2) is 52.4 Å². The fourth-order valence-electron chi connectivity index (χ4n) is 2.94. The van der Waals surface area contributed by atoms with Crippen LogP contribution in [0.3, 0.4) is 0 Å². The van der Waals surface area contributed by atoms with Crippen molar-refractivity contribution in [1.29, 1.82) is 0 Å². The molecule has 0 bridgehead atoms. The molecule has 8 nitrogen and oxygen atoms in total. The fourth-order valence-corrected chi connectivity index (χ4v) is 4.16. The van der Waals surface area contributed by atoms with Crippen LogP contribution in [0.2, 0.25) is 0 Å². The van der Waals surface area contributed by atoms with Gasteiger partial charge in [-0.05, 0) is 43.2 Å². The van der Waals surface area contributed by atoms with Crippen molar-refractivity contribution >= 4 is 21.7 Å². The smallest absolute Gasteiger partial charge is 0.307 e. The van der Waals surface area contributed by atoms with E-state index in [1.807, 2.05) is 25.1 Å². The molecular formula is C22H25NO7S. The lowest BCUT2D eigenvalue weighted by atomic mass is 10.1. The topological polar surface area (TPSA) is 108 Å². The molecule has 1 heterocycles. The first-order valence-corrected chi connectivity index (χ1v) is 11.6. The molecule has 1 amide bonds. The van der Waals surface area contributed by atoms with Gasteiger partial charge in [0.2, 0.25) is 0 Å². The van der Waals surface area contributed by atoms with Gasteiger partial charge in [-0.15, -0.1) is 0 Å². The Kier molecular flexibility index (Phi) is 7.51. The van der Waals surface area contributed by atoms with E-state index >= 15 is 0 Å². The molecule has 0 saturated heterocycles. The number of carbonyl (C=O) groups is 2. The molecule has 3 rings (SSSR count). The van der Waals surface area contributed by atoms with Gasteiger partial charge in [0.15, 0.2) is 27.9 Å². The average molecular weight is 448 g/mol. The van der Waals surface area contributed by atoms with Crippen molar-refractivity contribution in [3.8, 4) is 11.5 Å². The molecule has 0 spiro atoms. The Balaban J connectivity index is 1.35. The summed E-state index contributed by atoms with van der Waals surface area (Å²) in [5.74, 6) is -0.175. The van der Waals surface area contributed by atoms with Crippen LogP contribution in [0.15, 0.2) is 47.4 Å². The van der Waals surface area contributed by atoms with Crippen molar-refractivity contribution in [3.63, 3.8) is 0 Å². The van der Waals surface area contributed by atoms with Crippen LogP contribution in [0.1, 0.15) is 17.5 Å². The molecular weight excluding hydrogens is 422 g/mol. The van der Waals surface area contributed by atoms with Crippen LogP contribution in [0, 0.1) is 6.92 Å². The lowest BCUT2D eigenvalue weighted by molar-refractivity contribution is -0.148. The molecule has 0 aromatic heterocycles. The second-order valence-corrected chi connectivity index (χ2v) is 9.23. The highest BCUT2D eigenvalue weighted by molar-refractivity contribution is 7.91. The zero-order chi connectivity index (χ0) is 22.3. The molecule has 0 aliphatic carbocycles. The summed E-state index contributed by atoms with van der Waals surface area (Å²) in [6.07, 6.45) is 0.256. The summed E-state index contributed by atoms with van der Waals surface area (Å²) >= 11 is 0. The van der Waals surface area contributed by atoms with Crippen molar-refractivity contribution in [2.75, 3.05) is 32.1 Å². The highest BCUT2D eigenvalue weighted by Gasteiger charge is 2.18. The minimum absolute atomic E-state index is 0.155. The number of benzene rings is 2. The molecule has 1 aliphatic rings. The molecule has 0 saturated carbocycles. The maximum atomic E-state index is 12.2. The monoisotopic (exact) mass is 447 g/mol. The van der Waals surface area contributed by atoms with Crippen LogP contribution >= 0.6 is 0 Å². The number of hydrogen-bond acceptors (Lipinski definition) is 7. The van der Waals surface area contributed by atoms with E-state index in [2.05, 4.69) is 5.32 Å². The van der Waals surface area contributed by atoms with Crippen LogP contribution in [0.5, 0.6) is 11.5 Å². The summed E-state index contributed by atoms with van der Waals surface area (Å²) in [6.45, 7) is 2.79. The van der Waals surface area contributed by atoms with Crippen molar-refractivity contribution in [2.24, 2.45) is 0 Å². The Morgan fingerprint density at radius 3 is 2.48 bits per heavy atom. The first kappa shape index (κ1) is 22.6. The summed E-state index contributed by atoms with van der Waals surface area (Å²) in [4.78, 5) is 23.8. The number of hydrogen-bond donors (Lipinski definition) is 1. The van der Waals surface area contributed by atoms with Gasteiger partial charge in [0.25, 0.3) is 5.91 Å². The fraction of sp³-hybridized carbons (Fsp3) is 0.364. The normalized spacial score (nSPS) is 12.8. The number of rotatable bonds is 9. The number of carbonyl (C=O) groups excluding carboxylic acids is 2. The maximum absolute atomic E-state index is 12.2. The second-order valence-electron chi connectivity index (χ2n) is 7.12. The summed E-state index contributed by atoms with van der Waals surface area (Å²) in [6, 6.07) is 12.0. The molecule has 166 valence electrons. The predicted molar refractivity (Wildman–Crippen MR) is 113 cm³/mol. The highest BCUT2D eigenvalue weighted by atomic mass is 32.2. The van der Waals surface area contributed by atoms with Gasteiger partial charge in [-0.1, -0.05) is 23.8 Å². The van der Waals surface area contributed by atoms with Gasteiger partial charge in [0, 0.05) is 6.54 Å². The van der Waals surface area contributed by atoms with Gasteiger partial charge >= 0.3 is 5.97 Å². The highest BCUT2D eigenvalue weighted by Crippen LogP contribution is 2.30. The maximum Gasteiger partial charge on any atom is 0.307 e.